The predicted octanol–water partition coefficient (Wildman–Crippen LogP) is 4.09. The molecule has 0 aliphatic carbocycles. The quantitative estimate of drug-likeness (QED) is 0.756. The van der Waals surface area contributed by atoms with Gasteiger partial charge in [-0.25, -0.2) is 9.18 Å². The number of aryl methyl sites for hydroxylation is 1. The number of urea groups is 1. The van der Waals surface area contributed by atoms with Crippen molar-refractivity contribution in [2.45, 2.75) is 13.0 Å². The molecule has 0 aliphatic rings. The first-order chi connectivity index (χ1) is 11.1. The van der Waals surface area contributed by atoms with Gasteiger partial charge >= 0.3 is 6.03 Å². The predicted molar refractivity (Wildman–Crippen MR) is 86.0 cm³/mol. The molecule has 1 atom stereocenters. The van der Waals surface area contributed by atoms with Gasteiger partial charge in [-0.15, -0.1) is 11.3 Å². The molecule has 2 aromatic heterocycles. The van der Waals surface area contributed by atoms with Gasteiger partial charge < -0.3 is 9.84 Å². The van der Waals surface area contributed by atoms with Gasteiger partial charge in [0.1, 0.15) is 11.6 Å². The van der Waals surface area contributed by atoms with E-state index in [1.54, 1.807) is 25.1 Å². The number of thiophene rings is 1. The van der Waals surface area contributed by atoms with Crippen LogP contribution in [0.4, 0.5) is 15.0 Å². The normalized spacial score (nSPS) is 11.9. The molecule has 0 saturated heterocycles. The number of nitrogens with zero attached hydrogens (tertiary/aromatic N) is 1. The third kappa shape index (κ3) is 3.75. The third-order valence-electron chi connectivity index (χ3n) is 3.18. The monoisotopic (exact) mass is 331 g/mol. The highest BCUT2D eigenvalue weighted by molar-refractivity contribution is 7.10. The molecule has 1 unspecified atom stereocenters. The van der Waals surface area contributed by atoms with Crippen LogP contribution in [0, 0.1) is 12.7 Å². The number of halogens is 1. The lowest BCUT2D eigenvalue weighted by molar-refractivity contribution is 0.250. The largest absolute Gasteiger partial charge is 0.360 e. The number of aromatic nitrogens is 1. The van der Waals surface area contributed by atoms with Gasteiger partial charge in [-0.2, -0.15) is 0 Å². The van der Waals surface area contributed by atoms with Crippen LogP contribution in [-0.4, -0.2) is 11.2 Å². The van der Waals surface area contributed by atoms with Crippen LogP contribution < -0.4 is 10.6 Å². The zero-order chi connectivity index (χ0) is 16.2. The van der Waals surface area contributed by atoms with E-state index in [2.05, 4.69) is 15.8 Å². The van der Waals surface area contributed by atoms with Crippen LogP contribution in [0.5, 0.6) is 0 Å². The minimum atomic E-state index is -0.416. The van der Waals surface area contributed by atoms with Gasteiger partial charge in [0.25, 0.3) is 0 Å². The molecular formula is C16H14FN3O2S. The lowest BCUT2D eigenvalue weighted by atomic mass is 10.1. The van der Waals surface area contributed by atoms with E-state index in [0.29, 0.717) is 11.6 Å². The number of nitrogens with one attached hydrogen (secondary N) is 2. The van der Waals surface area contributed by atoms with Crippen molar-refractivity contribution < 1.29 is 13.7 Å². The molecule has 3 rings (SSSR count). The van der Waals surface area contributed by atoms with Crippen LogP contribution in [0.3, 0.4) is 0 Å². The first-order valence-electron chi connectivity index (χ1n) is 6.91. The minimum Gasteiger partial charge on any atom is -0.360 e. The second kappa shape index (κ2) is 6.62. The average molecular weight is 331 g/mol. The third-order valence-corrected chi connectivity index (χ3v) is 4.11. The van der Waals surface area contributed by atoms with Crippen LogP contribution in [0.15, 0.2) is 52.4 Å². The number of hydrogen-bond acceptors (Lipinski definition) is 4. The van der Waals surface area contributed by atoms with E-state index < -0.39 is 6.03 Å². The second-order valence-electron chi connectivity index (χ2n) is 4.92. The molecule has 0 bridgehead atoms. The average Bonchev–Trinajstić information content (AvgIpc) is 3.18. The number of amides is 2. The molecule has 7 heteroatoms. The smallest absolute Gasteiger partial charge is 0.321 e. The van der Waals surface area contributed by atoms with E-state index in [4.69, 9.17) is 4.52 Å². The fraction of sp³-hybridized carbons (Fsp3) is 0.125. The Hall–Kier alpha value is -2.67. The van der Waals surface area contributed by atoms with Crippen molar-refractivity contribution in [2.24, 2.45) is 0 Å². The molecule has 2 heterocycles. The zero-order valence-electron chi connectivity index (χ0n) is 12.2. The summed E-state index contributed by atoms with van der Waals surface area (Å²) in [7, 11) is 0. The van der Waals surface area contributed by atoms with Crippen molar-refractivity contribution in [1.82, 2.24) is 10.5 Å². The second-order valence-corrected chi connectivity index (χ2v) is 5.90. The van der Waals surface area contributed by atoms with Gasteiger partial charge in [-0.3, -0.25) is 5.32 Å². The van der Waals surface area contributed by atoms with Crippen molar-refractivity contribution >= 4 is 23.2 Å². The highest BCUT2D eigenvalue weighted by Crippen LogP contribution is 2.26. The van der Waals surface area contributed by atoms with Crippen LogP contribution >= 0.6 is 11.3 Å². The summed E-state index contributed by atoms with van der Waals surface area (Å²) >= 11 is 1.51. The van der Waals surface area contributed by atoms with E-state index in [1.165, 1.54) is 23.5 Å². The number of rotatable bonds is 4. The van der Waals surface area contributed by atoms with E-state index in [0.717, 1.165) is 10.4 Å². The fourth-order valence-corrected chi connectivity index (χ4v) is 2.94. The zero-order valence-corrected chi connectivity index (χ0v) is 13.1. The molecule has 2 N–H and O–H groups in total. The SMILES string of the molecule is Cc1cc(NC(=O)NC(c2ccc(F)cc2)c2cccs2)no1. The Morgan fingerprint density at radius 1 is 1.30 bits per heavy atom. The molecular weight excluding hydrogens is 317 g/mol. The number of benzene rings is 1. The van der Waals surface area contributed by atoms with E-state index in [1.807, 2.05) is 17.5 Å². The Morgan fingerprint density at radius 2 is 2.09 bits per heavy atom. The molecule has 5 nitrogen and oxygen atoms in total. The summed E-state index contributed by atoms with van der Waals surface area (Å²) in [5, 5.41) is 11.1. The summed E-state index contributed by atoms with van der Waals surface area (Å²) < 4.78 is 18.0. The van der Waals surface area contributed by atoms with E-state index >= 15 is 0 Å². The molecule has 1 aromatic carbocycles. The molecule has 0 spiro atoms. The van der Waals surface area contributed by atoms with Crippen LogP contribution in [-0.2, 0) is 0 Å². The van der Waals surface area contributed by atoms with E-state index in [-0.39, 0.29) is 11.9 Å². The molecule has 118 valence electrons. The Labute approximate surface area is 136 Å². The molecule has 2 amide bonds. The Kier molecular flexibility index (Phi) is 4.38. The Bertz CT molecular complexity index is 784. The summed E-state index contributed by atoms with van der Waals surface area (Å²) in [5.74, 6) is 0.624. The molecule has 0 saturated carbocycles. The highest BCUT2D eigenvalue weighted by atomic mass is 32.1. The fourth-order valence-electron chi connectivity index (χ4n) is 2.14. The molecule has 0 fully saturated rings. The number of anilines is 1. The lowest BCUT2D eigenvalue weighted by Crippen LogP contribution is -2.32. The van der Waals surface area contributed by atoms with Gasteiger partial charge in [0.15, 0.2) is 5.82 Å². The van der Waals surface area contributed by atoms with Crippen LogP contribution in [0.25, 0.3) is 0 Å². The van der Waals surface area contributed by atoms with Gasteiger partial charge in [0.05, 0.1) is 6.04 Å². The Balaban J connectivity index is 1.78. The van der Waals surface area contributed by atoms with Gasteiger partial charge in [-0.05, 0) is 36.1 Å². The topological polar surface area (TPSA) is 67.2 Å². The molecule has 0 radical (unpaired) electrons. The molecule has 23 heavy (non-hydrogen) atoms. The summed E-state index contributed by atoms with van der Waals surface area (Å²) in [6.07, 6.45) is 0. The number of hydrogen-bond donors (Lipinski definition) is 2. The van der Waals surface area contributed by atoms with Crippen molar-refractivity contribution in [1.29, 1.82) is 0 Å². The summed E-state index contributed by atoms with van der Waals surface area (Å²) in [4.78, 5) is 13.1. The first kappa shape index (κ1) is 15.2. The highest BCUT2D eigenvalue weighted by Gasteiger charge is 2.18. The van der Waals surface area contributed by atoms with Gasteiger partial charge in [0.2, 0.25) is 0 Å². The summed E-state index contributed by atoms with van der Waals surface area (Å²) in [6.45, 7) is 1.74. The number of carbonyl (C=O) groups is 1. The van der Waals surface area contributed by atoms with Crippen molar-refractivity contribution in [3.63, 3.8) is 0 Å². The molecule has 3 aromatic rings. The van der Waals surface area contributed by atoms with Crippen LogP contribution in [0.2, 0.25) is 0 Å². The van der Waals surface area contributed by atoms with Gasteiger partial charge in [0, 0.05) is 10.9 Å². The standard InChI is InChI=1S/C16H14FN3O2S/c1-10-9-14(20-22-10)18-16(21)19-15(13-3-2-8-23-13)11-4-6-12(17)7-5-11/h2-9,15H,1H3,(H2,18,19,20,21). The Morgan fingerprint density at radius 3 is 2.70 bits per heavy atom. The minimum absolute atomic E-state index is 0.318. The maximum absolute atomic E-state index is 13.1. The maximum Gasteiger partial charge on any atom is 0.321 e. The maximum atomic E-state index is 13.1. The van der Waals surface area contributed by atoms with E-state index in [9.17, 15) is 9.18 Å². The molecule has 0 aliphatic heterocycles. The van der Waals surface area contributed by atoms with Gasteiger partial charge in [-0.1, -0.05) is 23.4 Å². The summed E-state index contributed by atoms with van der Waals surface area (Å²) in [6, 6.07) is 10.7. The van der Waals surface area contributed by atoms with Crippen LogP contribution in [0.1, 0.15) is 22.2 Å². The number of carbonyl (C=O) groups excluding carboxylic acids is 1. The van der Waals surface area contributed by atoms with Crippen molar-refractivity contribution in [3.05, 3.63) is 69.9 Å². The lowest BCUT2D eigenvalue weighted by Gasteiger charge is -2.18. The van der Waals surface area contributed by atoms with Crippen molar-refractivity contribution in [3.8, 4) is 0 Å². The summed E-state index contributed by atoms with van der Waals surface area (Å²) in [5.41, 5.74) is 0.792. The van der Waals surface area contributed by atoms with Crippen molar-refractivity contribution in [2.75, 3.05) is 5.32 Å². The first-order valence-corrected chi connectivity index (χ1v) is 7.79.